The zero-order valence-corrected chi connectivity index (χ0v) is 11.3. The Bertz CT molecular complexity index is 725. The summed E-state index contributed by atoms with van der Waals surface area (Å²) in [5.74, 6) is -2.00. The number of nitrogens with zero attached hydrogens (tertiary/aromatic N) is 3. The SMILES string of the molecule is [C-]#[N+]CON=C(c1ccc(F)c(F)c1)c1ccc(CO)cn1. The summed E-state index contributed by atoms with van der Waals surface area (Å²) < 4.78 is 26.4. The highest BCUT2D eigenvalue weighted by Gasteiger charge is 2.13. The van der Waals surface area contributed by atoms with E-state index in [0.717, 1.165) is 12.1 Å². The second-order valence-electron chi connectivity index (χ2n) is 4.19. The van der Waals surface area contributed by atoms with Crippen LogP contribution in [0, 0.1) is 18.2 Å². The van der Waals surface area contributed by atoms with Gasteiger partial charge in [-0.15, -0.1) is 0 Å². The molecule has 0 atom stereocenters. The number of aromatic nitrogens is 1. The molecular weight excluding hydrogens is 292 g/mol. The van der Waals surface area contributed by atoms with Gasteiger partial charge in [0.15, 0.2) is 11.6 Å². The molecule has 1 N–H and O–H groups in total. The third kappa shape index (κ3) is 3.62. The minimum Gasteiger partial charge on any atom is -0.392 e. The normalized spacial score (nSPS) is 11.1. The van der Waals surface area contributed by atoms with Gasteiger partial charge in [0.1, 0.15) is 5.71 Å². The lowest BCUT2D eigenvalue weighted by molar-refractivity contribution is 0.173. The summed E-state index contributed by atoms with van der Waals surface area (Å²) in [5.41, 5.74) is 1.35. The number of benzene rings is 1. The van der Waals surface area contributed by atoms with Crippen LogP contribution in [0.4, 0.5) is 8.78 Å². The summed E-state index contributed by atoms with van der Waals surface area (Å²) in [6.07, 6.45) is 1.43. The first kappa shape index (κ1) is 15.5. The predicted molar refractivity (Wildman–Crippen MR) is 74.7 cm³/mol. The molecule has 1 aromatic carbocycles. The molecule has 0 saturated carbocycles. The number of rotatable bonds is 5. The molecule has 0 aliphatic heterocycles. The van der Waals surface area contributed by atoms with Crippen molar-refractivity contribution in [2.45, 2.75) is 6.61 Å². The van der Waals surface area contributed by atoms with Gasteiger partial charge >= 0.3 is 6.73 Å². The molecule has 0 aliphatic carbocycles. The summed E-state index contributed by atoms with van der Waals surface area (Å²) in [5, 5.41) is 12.8. The molecule has 7 heteroatoms. The molecule has 22 heavy (non-hydrogen) atoms. The molecule has 0 bridgehead atoms. The van der Waals surface area contributed by atoms with Gasteiger partial charge in [0.2, 0.25) is 0 Å². The fraction of sp³-hybridized carbons (Fsp3) is 0.133. The Balaban J connectivity index is 2.43. The van der Waals surface area contributed by atoms with Gasteiger partial charge < -0.3 is 9.94 Å². The van der Waals surface area contributed by atoms with Crippen molar-refractivity contribution in [3.63, 3.8) is 0 Å². The van der Waals surface area contributed by atoms with Crippen molar-refractivity contribution in [2.24, 2.45) is 5.16 Å². The lowest BCUT2D eigenvalue weighted by Gasteiger charge is -2.06. The molecule has 2 aromatic rings. The number of oxime groups is 1. The van der Waals surface area contributed by atoms with E-state index in [-0.39, 0.29) is 24.6 Å². The van der Waals surface area contributed by atoms with Crippen molar-refractivity contribution in [1.29, 1.82) is 0 Å². The van der Waals surface area contributed by atoms with Gasteiger partial charge in [0, 0.05) is 11.8 Å². The maximum Gasteiger partial charge on any atom is 0.378 e. The molecule has 5 nitrogen and oxygen atoms in total. The minimum atomic E-state index is -1.03. The zero-order valence-electron chi connectivity index (χ0n) is 11.3. The smallest absolute Gasteiger partial charge is 0.378 e. The highest BCUT2D eigenvalue weighted by atomic mass is 19.2. The van der Waals surface area contributed by atoms with Gasteiger partial charge in [0.25, 0.3) is 0 Å². The standard InChI is InChI=1S/C15H11F2N3O2/c1-18-9-22-20-15(11-3-4-12(16)13(17)6-11)14-5-2-10(8-21)7-19-14/h2-7,21H,8-9H2. The van der Waals surface area contributed by atoms with Crippen molar-refractivity contribution in [3.05, 3.63) is 76.4 Å². The average molecular weight is 303 g/mol. The molecular formula is C15H11F2N3O2. The monoisotopic (exact) mass is 303 g/mol. The molecule has 0 fully saturated rings. The fourth-order valence-corrected chi connectivity index (χ4v) is 1.67. The van der Waals surface area contributed by atoms with Gasteiger partial charge in [-0.05, 0) is 29.8 Å². The highest BCUT2D eigenvalue weighted by Crippen LogP contribution is 2.14. The Hall–Kier alpha value is -2.85. The summed E-state index contributed by atoms with van der Waals surface area (Å²) >= 11 is 0. The van der Waals surface area contributed by atoms with Gasteiger partial charge in [-0.2, -0.15) is 0 Å². The van der Waals surface area contributed by atoms with E-state index in [1.54, 1.807) is 12.1 Å². The van der Waals surface area contributed by atoms with Crippen molar-refractivity contribution in [1.82, 2.24) is 4.98 Å². The second kappa shape index (κ2) is 7.24. The van der Waals surface area contributed by atoms with Crippen molar-refractivity contribution in [3.8, 4) is 0 Å². The number of aliphatic hydroxyl groups excluding tert-OH is 1. The van der Waals surface area contributed by atoms with Crippen molar-refractivity contribution in [2.75, 3.05) is 6.73 Å². The van der Waals surface area contributed by atoms with Crippen LogP contribution in [0.3, 0.4) is 0 Å². The average Bonchev–Trinajstić information content (AvgIpc) is 2.55. The maximum atomic E-state index is 13.4. The van der Waals surface area contributed by atoms with Gasteiger partial charge in [-0.25, -0.2) is 15.4 Å². The Morgan fingerprint density at radius 1 is 1.27 bits per heavy atom. The Morgan fingerprint density at radius 3 is 2.68 bits per heavy atom. The van der Waals surface area contributed by atoms with E-state index in [9.17, 15) is 8.78 Å². The third-order valence-electron chi connectivity index (χ3n) is 2.72. The van der Waals surface area contributed by atoms with Crippen molar-refractivity contribution >= 4 is 5.71 Å². The van der Waals surface area contributed by atoms with Gasteiger partial charge in [-0.1, -0.05) is 11.2 Å². The lowest BCUT2D eigenvalue weighted by atomic mass is 10.1. The summed E-state index contributed by atoms with van der Waals surface area (Å²) in [6.45, 7) is 6.18. The molecule has 0 radical (unpaired) electrons. The van der Waals surface area contributed by atoms with Crippen LogP contribution >= 0.6 is 0 Å². The number of aliphatic hydroxyl groups is 1. The van der Waals surface area contributed by atoms with Gasteiger partial charge in [-0.3, -0.25) is 9.83 Å². The quantitative estimate of drug-likeness (QED) is 0.399. The number of halogens is 2. The van der Waals surface area contributed by atoms with Crippen LogP contribution in [0.5, 0.6) is 0 Å². The first-order chi connectivity index (χ1) is 10.7. The maximum absolute atomic E-state index is 13.4. The number of hydrogen-bond acceptors (Lipinski definition) is 4. The van der Waals surface area contributed by atoms with Crippen LogP contribution in [0.25, 0.3) is 4.85 Å². The highest BCUT2D eigenvalue weighted by molar-refractivity contribution is 6.11. The predicted octanol–water partition coefficient (Wildman–Crippen LogP) is 2.50. The third-order valence-corrected chi connectivity index (χ3v) is 2.72. The van der Waals surface area contributed by atoms with E-state index in [0.29, 0.717) is 11.3 Å². The zero-order chi connectivity index (χ0) is 15.9. The lowest BCUT2D eigenvalue weighted by Crippen LogP contribution is -2.08. The Morgan fingerprint density at radius 2 is 2.09 bits per heavy atom. The van der Waals surface area contributed by atoms with Crippen LogP contribution in [0.15, 0.2) is 41.7 Å². The van der Waals surface area contributed by atoms with Crippen molar-refractivity contribution < 1.29 is 18.7 Å². The van der Waals surface area contributed by atoms with Crippen LogP contribution in [-0.2, 0) is 11.4 Å². The Kier molecular flexibility index (Phi) is 5.11. The van der Waals surface area contributed by atoms with E-state index < -0.39 is 11.6 Å². The Labute approximate surface area is 125 Å². The fourth-order valence-electron chi connectivity index (χ4n) is 1.67. The summed E-state index contributed by atoms with van der Waals surface area (Å²) in [4.78, 5) is 11.9. The summed E-state index contributed by atoms with van der Waals surface area (Å²) in [7, 11) is 0. The molecule has 0 spiro atoms. The van der Waals surface area contributed by atoms with Crippen LogP contribution in [0.1, 0.15) is 16.8 Å². The van der Waals surface area contributed by atoms with E-state index in [4.69, 9.17) is 16.5 Å². The molecule has 2 rings (SSSR count). The van der Waals surface area contributed by atoms with E-state index in [2.05, 4.69) is 15.0 Å². The van der Waals surface area contributed by atoms with E-state index in [1.807, 2.05) is 0 Å². The minimum absolute atomic E-state index is 0.159. The van der Waals surface area contributed by atoms with Crippen LogP contribution < -0.4 is 0 Å². The molecule has 1 heterocycles. The van der Waals surface area contributed by atoms with Crippen LogP contribution in [0.2, 0.25) is 0 Å². The largest absolute Gasteiger partial charge is 0.392 e. The molecule has 0 unspecified atom stereocenters. The first-order valence-corrected chi connectivity index (χ1v) is 6.20. The molecule has 0 amide bonds. The number of pyridine rings is 1. The topological polar surface area (TPSA) is 59.1 Å². The second-order valence-corrected chi connectivity index (χ2v) is 4.19. The first-order valence-electron chi connectivity index (χ1n) is 6.20. The van der Waals surface area contributed by atoms with Gasteiger partial charge in [0.05, 0.1) is 12.3 Å². The molecule has 0 aliphatic rings. The van der Waals surface area contributed by atoms with Crippen LogP contribution in [-0.4, -0.2) is 22.5 Å². The molecule has 1 aromatic heterocycles. The van der Waals surface area contributed by atoms with E-state index >= 15 is 0 Å². The molecule has 0 saturated heterocycles. The molecule has 112 valence electrons. The summed E-state index contributed by atoms with van der Waals surface area (Å²) in [6, 6.07) is 6.45. The number of hydrogen-bond donors (Lipinski definition) is 1. The van der Waals surface area contributed by atoms with E-state index in [1.165, 1.54) is 12.3 Å².